The van der Waals surface area contributed by atoms with E-state index in [1.54, 1.807) is 30.3 Å². The predicted molar refractivity (Wildman–Crippen MR) is 82.4 cm³/mol. The molecule has 1 heterocycles. The van der Waals surface area contributed by atoms with Gasteiger partial charge in [0.25, 0.3) is 0 Å². The summed E-state index contributed by atoms with van der Waals surface area (Å²) in [7, 11) is 0. The van der Waals surface area contributed by atoms with Crippen molar-refractivity contribution in [2.24, 2.45) is 5.92 Å². The van der Waals surface area contributed by atoms with Crippen LogP contribution in [0.4, 0.5) is 0 Å². The largest absolute Gasteiger partial charge is 0.453 e. The van der Waals surface area contributed by atoms with Crippen LogP contribution in [0.15, 0.2) is 35.1 Å². The number of benzene rings is 1. The summed E-state index contributed by atoms with van der Waals surface area (Å²) in [4.78, 5) is 38.3. The van der Waals surface area contributed by atoms with Crippen molar-refractivity contribution in [2.75, 3.05) is 6.61 Å². The summed E-state index contributed by atoms with van der Waals surface area (Å²) < 4.78 is 4.82. The number of hydrogen-bond acceptors (Lipinski definition) is 6. The van der Waals surface area contributed by atoms with Gasteiger partial charge in [-0.25, -0.2) is 4.79 Å². The van der Waals surface area contributed by atoms with Gasteiger partial charge in [0.15, 0.2) is 17.8 Å². The minimum atomic E-state index is -1.24. The van der Waals surface area contributed by atoms with E-state index in [4.69, 9.17) is 15.4 Å². The van der Waals surface area contributed by atoms with Gasteiger partial charge in [-0.15, -0.1) is 0 Å². The molecule has 1 aromatic heterocycles. The molecule has 0 bridgehead atoms. The van der Waals surface area contributed by atoms with Crippen molar-refractivity contribution in [1.29, 1.82) is 10.7 Å². The second-order valence-electron chi connectivity index (χ2n) is 4.88. The van der Waals surface area contributed by atoms with Crippen LogP contribution in [0.5, 0.6) is 0 Å². The van der Waals surface area contributed by atoms with Crippen molar-refractivity contribution in [2.45, 2.75) is 6.92 Å². The van der Waals surface area contributed by atoms with Gasteiger partial charge in [0.05, 0.1) is 6.07 Å². The molecule has 0 aliphatic carbocycles. The molecule has 1 aromatic carbocycles. The highest BCUT2D eigenvalue weighted by Gasteiger charge is 2.22. The zero-order valence-electron chi connectivity index (χ0n) is 12.3. The molecule has 0 fully saturated rings. The lowest BCUT2D eigenvalue weighted by Crippen LogP contribution is -2.26. The zero-order chi connectivity index (χ0) is 17.0. The molecular weight excluding hydrogens is 298 g/mol. The van der Waals surface area contributed by atoms with Crippen molar-refractivity contribution < 1.29 is 14.3 Å². The maximum atomic E-state index is 11.9. The first-order valence-corrected chi connectivity index (χ1v) is 6.70. The van der Waals surface area contributed by atoms with Gasteiger partial charge in [0.1, 0.15) is 11.6 Å². The Kier molecular flexibility index (Phi) is 4.66. The predicted octanol–water partition coefficient (Wildman–Crippen LogP) is 1.43. The molecular formula is C16H13N3O4. The van der Waals surface area contributed by atoms with Gasteiger partial charge < -0.3 is 15.1 Å². The average Bonchev–Trinajstić information content (AvgIpc) is 2.52. The minimum Gasteiger partial charge on any atom is -0.453 e. The van der Waals surface area contributed by atoms with E-state index >= 15 is 0 Å². The molecule has 0 radical (unpaired) electrons. The minimum absolute atomic E-state index is 0.0819. The first-order chi connectivity index (χ1) is 10.9. The van der Waals surface area contributed by atoms with Gasteiger partial charge in [0.2, 0.25) is 0 Å². The third-order valence-electron chi connectivity index (χ3n) is 3.19. The molecule has 0 aliphatic rings. The lowest BCUT2D eigenvalue weighted by Gasteiger charge is -2.08. The van der Waals surface area contributed by atoms with E-state index in [0.717, 1.165) is 6.07 Å². The van der Waals surface area contributed by atoms with E-state index in [0.29, 0.717) is 10.9 Å². The third kappa shape index (κ3) is 3.49. The van der Waals surface area contributed by atoms with Crippen LogP contribution in [0.2, 0.25) is 0 Å². The Morgan fingerprint density at radius 2 is 2.09 bits per heavy atom. The van der Waals surface area contributed by atoms with Crippen molar-refractivity contribution in [3.8, 4) is 6.07 Å². The standard InChI is InChI=1S/C16H13N3O4/c1-9(18)11(7-17)15(21)8-23-16(22)13-6-14(20)10-4-2-3-5-12(10)19-13/h2-6,11,18H,8H2,1H3,(H,19,20). The van der Waals surface area contributed by atoms with Crippen molar-refractivity contribution in [3.05, 3.63) is 46.2 Å². The average molecular weight is 311 g/mol. The number of Topliss-reactive ketones (excluding diaryl/α,β-unsaturated/α-hetero) is 1. The topological polar surface area (TPSA) is 124 Å². The summed E-state index contributed by atoms with van der Waals surface area (Å²) >= 11 is 0. The molecule has 2 aromatic rings. The van der Waals surface area contributed by atoms with Crippen molar-refractivity contribution in [3.63, 3.8) is 0 Å². The summed E-state index contributed by atoms with van der Waals surface area (Å²) in [6.07, 6.45) is 0. The second kappa shape index (κ2) is 6.66. The first-order valence-electron chi connectivity index (χ1n) is 6.70. The number of aromatic nitrogens is 1. The molecule has 1 unspecified atom stereocenters. The highest BCUT2D eigenvalue weighted by atomic mass is 16.5. The molecule has 0 saturated heterocycles. The molecule has 2 rings (SSSR count). The number of rotatable bonds is 5. The fourth-order valence-electron chi connectivity index (χ4n) is 2.02. The molecule has 1 atom stereocenters. The van der Waals surface area contributed by atoms with Crippen LogP contribution < -0.4 is 5.43 Å². The van der Waals surface area contributed by atoms with Gasteiger partial charge in [-0.05, 0) is 19.1 Å². The Balaban J connectivity index is 2.16. The van der Waals surface area contributed by atoms with Gasteiger partial charge >= 0.3 is 5.97 Å². The number of pyridine rings is 1. The summed E-state index contributed by atoms with van der Waals surface area (Å²) in [5, 5.41) is 16.6. The number of nitrogens with zero attached hydrogens (tertiary/aromatic N) is 1. The smallest absolute Gasteiger partial charge is 0.355 e. The van der Waals surface area contributed by atoms with Crippen LogP contribution in [-0.2, 0) is 9.53 Å². The number of H-pyrrole nitrogens is 1. The first kappa shape index (κ1) is 16.1. The molecule has 7 heteroatoms. The monoisotopic (exact) mass is 311 g/mol. The normalized spacial score (nSPS) is 11.5. The number of nitriles is 1. The van der Waals surface area contributed by atoms with E-state index in [-0.39, 0.29) is 16.8 Å². The number of carbonyl (C=O) groups is 2. The van der Waals surface area contributed by atoms with Crippen molar-refractivity contribution >= 4 is 28.4 Å². The molecule has 0 spiro atoms. The number of hydrogen-bond donors (Lipinski definition) is 2. The SMILES string of the molecule is CC(=N)C(C#N)C(=O)COC(=O)c1cc(=O)c2ccccc2[nH]1. The third-order valence-corrected chi connectivity index (χ3v) is 3.19. The van der Waals surface area contributed by atoms with Crippen molar-refractivity contribution in [1.82, 2.24) is 4.98 Å². The summed E-state index contributed by atoms with van der Waals surface area (Å²) in [5.41, 5.74) is -0.0689. The molecule has 0 aliphatic heterocycles. The lowest BCUT2D eigenvalue weighted by atomic mass is 10.0. The maximum absolute atomic E-state index is 11.9. The number of esters is 1. The number of ether oxygens (including phenoxy) is 1. The number of fused-ring (bicyclic) bond motifs is 1. The van der Waals surface area contributed by atoms with E-state index in [2.05, 4.69) is 4.98 Å². The van der Waals surface area contributed by atoms with Gasteiger partial charge in [-0.3, -0.25) is 9.59 Å². The fourth-order valence-corrected chi connectivity index (χ4v) is 2.02. The number of ketones is 1. The fraction of sp³-hybridized carbons (Fsp3) is 0.188. The van der Waals surface area contributed by atoms with Crippen LogP contribution in [0, 0.1) is 22.7 Å². The zero-order valence-corrected chi connectivity index (χ0v) is 12.3. The Morgan fingerprint density at radius 1 is 1.39 bits per heavy atom. The number of nitrogens with one attached hydrogen (secondary N) is 2. The number of para-hydroxylation sites is 1. The number of carbonyl (C=O) groups excluding carboxylic acids is 2. The molecule has 7 nitrogen and oxygen atoms in total. The summed E-state index contributed by atoms with van der Waals surface area (Å²) in [5.74, 6) is -2.80. The number of aromatic amines is 1. The van der Waals surface area contributed by atoms with Crippen LogP contribution in [0.3, 0.4) is 0 Å². The van der Waals surface area contributed by atoms with Crippen LogP contribution in [-0.4, -0.2) is 29.1 Å². The highest BCUT2D eigenvalue weighted by Crippen LogP contribution is 2.08. The van der Waals surface area contributed by atoms with Gasteiger partial charge in [-0.2, -0.15) is 5.26 Å². The molecule has 2 N–H and O–H groups in total. The van der Waals surface area contributed by atoms with E-state index in [1.165, 1.54) is 6.92 Å². The van der Waals surface area contributed by atoms with Crippen LogP contribution in [0.1, 0.15) is 17.4 Å². The quantitative estimate of drug-likeness (QED) is 0.638. The van der Waals surface area contributed by atoms with E-state index in [9.17, 15) is 14.4 Å². The summed E-state index contributed by atoms with van der Waals surface area (Å²) in [6.45, 7) is 0.691. The van der Waals surface area contributed by atoms with Crippen LogP contribution >= 0.6 is 0 Å². The Morgan fingerprint density at radius 3 is 2.74 bits per heavy atom. The second-order valence-corrected chi connectivity index (χ2v) is 4.88. The summed E-state index contributed by atoms with van der Waals surface area (Å²) in [6, 6.07) is 9.45. The molecule has 116 valence electrons. The Bertz CT molecular complexity index is 892. The Labute approximate surface area is 131 Å². The van der Waals surface area contributed by atoms with Gasteiger partial charge in [-0.1, -0.05) is 12.1 Å². The maximum Gasteiger partial charge on any atom is 0.355 e. The molecule has 0 saturated carbocycles. The molecule has 23 heavy (non-hydrogen) atoms. The lowest BCUT2D eigenvalue weighted by molar-refractivity contribution is -0.122. The highest BCUT2D eigenvalue weighted by molar-refractivity contribution is 6.06. The van der Waals surface area contributed by atoms with E-state index in [1.807, 2.05) is 0 Å². The molecule has 0 amide bonds. The van der Waals surface area contributed by atoms with Gasteiger partial charge in [0, 0.05) is 22.7 Å². The Hall–Kier alpha value is -3.27. The van der Waals surface area contributed by atoms with Crippen LogP contribution in [0.25, 0.3) is 10.9 Å². The van der Waals surface area contributed by atoms with E-state index < -0.39 is 24.3 Å².